The third kappa shape index (κ3) is 2.11. The van der Waals surface area contributed by atoms with Crippen LogP contribution in [0.3, 0.4) is 0 Å². The molecule has 3 rings (SSSR count). The molecule has 0 bridgehead atoms. The smallest absolute Gasteiger partial charge is 0.244 e. The van der Waals surface area contributed by atoms with Crippen LogP contribution in [0.25, 0.3) is 0 Å². The standard InChI is InChI=1S/C14H13N5O2/c1-20-7-10-12-11(8-2-4-17-5-3-8)9(6-15)13(16)21-14(12)19-18-10/h2-5,11H,7,16H2,1H3,(H,18,19)/t11-/m0/s1. The van der Waals surface area contributed by atoms with E-state index in [2.05, 4.69) is 21.3 Å². The molecule has 7 nitrogen and oxygen atoms in total. The van der Waals surface area contributed by atoms with Gasteiger partial charge in [-0.05, 0) is 17.7 Å². The molecule has 2 aromatic heterocycles. The summed E-state index contributed by atoms with van der Waals surface area (Å²) in [4.78, 5) is 4.00. The van der Waals surface area contributed by atoms with E-state index in [9.17, 15) is 5.26 Å². The number of nitrogens with zero attached hydrogens (tertiary/aromatic N) is 3. The molecule has 0 saturated carbocycles. The molecule has 3 N–H and O–H groups in total. The Kier molecular flexibility index (Phi) is 3.30. The highest BCUT2D eigenvalue weighted by molar-refractivity contribution is 5.54. The number of nitrogens with one attached hydrogen (secondary N) is 1. The molecule has 0 aliphatic carbocycles. The van der Waals surface area contributed by atoms with Crippen LogP contribution in [0.15, 0.2) is 36.0 Å². The lowest BCUT2D eigenvalue weighted by Crippen LogP contribution is -2.21. The molecule has 1 aliphatic rings. The van der Waals surface area contributed by atoms with E-state index in [0.717, 1.165) is 16.8 Å². The topological polar surface area (TPSA) is 110 Å². The van der Waals surface area contributed by atoms with Gasteiger partial charge in [-0.2, -0.15) is 5.26 Å². The van der Waals surface area contributed by atoms with E-state index in [1.807, 2.05) is 12.1 Å². The second-order valence-electron chi connectivity index (χ2n) is 4.56. The zero-order valence-electron chi connectivity index (χ0n) is 11.3. The van der Waals surface area contributed by atoms with Crippen molar-refractivity contribution in [3.63, 3.8) is 0 Å². The largest absolute Gasteiger partial charge is 0.420 e. The van der Waals surface area contributed by atoms with Crippen molar-refractivity contribution in [2.24, 2.45) is 5.73 Å². The SMILES string of the molecule is COCc1[nH]nc2c1[C@@H](c1ccncc1)C(C#N)=C(N)O2. The van der Waals surface area contributed by atoms with Gasteiger partial charge in [0.1, 0.15) is 11.6 Å². The number of allylic oxidation sites excluding steroid dienone is 1. The first kappa shape index (κ1) is 13.1. The maximum absolute atomic E-state index is 9.43. The lowest BCUT2D eigenvalue weighted by molar-refractivity contribution is 0.180. The third-order valence-electron chi connectivity index (χ3n) is 3.35. The molecule has 0 fully saturated rings. The Hall–Kier alpha value is -2.85. The molecular weight excluding hydrogens is 270 g/mol. The molecule has 0 saturated heterocycles. The van der Waals surface area contributed by atoms with Crippen LogP contribution in [0, 0.1) is 11.3 Å². The van der Waals surface area contributed by atoms with E-state index in [1.165, 1.54) is 0 Å². The Morgan fingerprint density at radius 1 is 1.48 bits per heavy atom. The minimum Gasteiger partial charge on any atom is -0.420 e. The third-order valence-corrected chi connectivity index (χ3v) is 3.35. The lowest BCUT2D eigenvalue weighted by atomic mass is 9.84. The van der Waals surface area contributed by atoms with Gasteiger partial charge < -0.3 is 15.2 Å². The molecule has 1 atom stereocenters. The average molecular weight is 283 g/mol. The summed E-state index contributed by atoms with van der Waals surface area (Å²) in [5.74, 6) is 0.105. The first-order valence-corrected chi connectivity index (χ1v) is 6.29. The highest BCUT2D eigenvalue weighted by Gasteiger charge is 2.34. The van der Waals surface area contributed by atoms with Crippen LogP contribution in [0.5, 0.6) is 5.88 Å². The van der Waals surface area contributed by atoms with Crippen molar-refractivity contribution in [1.82, 2.24) is 15.2 Å². The van der Waals surface area contributed by atoms with Crippen LogP contribution in [0.2, 0.25) is 0 Å². The molecule has 3 heterocycles. The first-order valence-electron chi connectivity index (χ1n) is 6.29. The van der Waals surface area contributed by atoms with Crippen molar-refractivity contribution in [2.75, 3.05) is 7.11 Å². The van der Waals surface area contributed by atoms with Crippen LogP contribution >= 0.6 is 0 Å². The number of aromatic nitrogens is 3. The van der Waals surface area contributed by atoms with Crippen molar-refractivity contribution < 1.29 is 9.47 Å². The summed E-state index contributed by atoms with van der Waals surface area (Å²) in [6.45, 7) is 0.339. The van der Waals surface area contributed by atoms with Gasteiger partial charge in [0.2, 0.25) is 11.8 Å². The summed E-state index contributed by atoms with van der Waals surface area (Å²) < 4.78 is 10.6. The van der Waals surface area contributed by atoms with Gasteiger partial charge in [0, 0.05) is 19.5 Å². The number of hydrogen-bond donors (Lipinski definition) is 2. The minimum absolute atomic E-state index is 0.0716. The average Bonchev–Trinajstić information content (AvgIpc) is 2.89. The van der Waals surface area contributed by atoms with Crippen molar-refractivity contribution >= 4 is 0 Å². The van der Waals surface area contributed by atoms with Gasteiger partial charge >= 0.3 is 0 Å². The molecule has 0 radical (unpaired) electrons. The normalized spacial score (nSPS) is 17.0. The highest BCUT2D eigenvalue weighted by Crippen LogP contribution is 2.42. The van der Waals surface area contributed by atoms with E-state index >= 15 is 0 Å². The molecule has 21 heavy (non-hydrogen) atoms. The Morgan fingerprint density at radius 3 is 2.90 bits per heavy atom. The van der Waals surface area contributed by atoms with E-state index in [-0.39, 0.29) is 11.8 Å². The number of hydrogen-bond acceptors (Lipinski definition) is 6. The molecule has 0 unspecified atom stereocenters. The summed E-state index contributed by atoms with van der Waals surface area (Å²) in [7, 11) is 1.59. The molecule has 2 aromatic rings. The number of methoxy groups -OCH3 is 1. The summed E-state index contributed by atoms with van der Waals surface area (Å²) in [6.07, 6.45) is 3.34. The monoisotopic (exact) mass is 283 g/mol. The molecular formula is C14H13N5O2. The maximum Gasteiger partial charge on any atom is 0.244 e. The van der Waals surface area contributed by atoms with Gasteiger partial charge in [-0.25, -0.2) is 0 Å². The Morgan fingerprint density at radius 2 is 2.24 bits per heavy atom. The van der Waals surface area contributed by atoms with Crippen LogP contribution in [0.4, 0.5) is 0 Å². The summed E-state index contributed by atoms with van der Waals surface area (Å²) in [6, 6.07) is 5.81. The fraction of sp³-hybridized carbons (Fsp3) is 0.214. The quantitative estimate of drug-likeness (QED) is 0.875. The number of rotatable bonds is 3. The minimum atomic E-state index is -0.342. The Labute approximate surface area is 121 Å². The predicted octanol–water partition coefficient (Wildman–Crippen LogP) is 1.17. The maximum atomic E-state index is 9.43. The van der Waals surface area contributed by atoms with E-state index in [4.69, 9.17) is 15.2 Å². The summed E-state index contributed by atoms with van der Waals surface area (Å²) in [5, 5.41) is 16.4. The molecule has 0 aromatic carbocycles. The summed E-state index contributed by atoms with van der Waals surface area (Å²) >= 11 is 0. The van der Waals surface area contributed by atoms with Crippen molar-refractivity contribution in [3.8, 4) is 11.9 Å². The fourth-order valence-electron chi connectivity index (χ4n) is 2.45. The number of nitriles is 1. The predicted molar refractivity (Wildman–Crippen MR) is 72.8 cm³/mol. The lowest BCUT2D eigenvalue weighted by Gasteiger charge is -2.23. The first-order chi connectivity index (χ1) is 10.3. The molecule has 1 aliphatic heterocycles. The molecule has 0 amide bonds. The van der Waals surface area contributed by atoms with Crippen molar-refractivity contribution in [2.45, 2.75) is 12.5 Å². The van der Waals surface area contributed by atoms with Gasteiger partial charge in [0.25, 0.3) is 0 Å². The van der Waals surface area contributed by atoms with Crippen LogP contribution in [-0.2, 0) is 11.3 Å². The van der Waals surface area contributed by atoms with Crippen molar-refractivity contribution in [3.05, 3.63) is 52.8 Å². The van der Waals surface area contributed by atoms with Crippen LogP contribution in [-0.4, -0.2) is 22.3 Å². The molecule has 106 valence electrons. The van der Waals surface area contributed by atoms with Gasteiger partial charge in [-0.1, -0.05) is 0 Å². The number of H-pyrrole nitrogens is 1. The van der Waals surface area contributed by atoms with Crippen molar-refractivity contribution in [1.29, 1.82) is 5.26 Å². The second-order valence-corrected chi connectivity index (χ2v) is 4.56. The number of aromatic amines is 1. The van der Waals surface area contributed by atoms with E-state index in [0.29, 0.717) is 18.1 Å². The highest BCUT2D eigenvalue weighted by atomic mass is 16.5. The fourth-order valence-corrected chi connectivity index (χ4v) is 2.45. The Bertz CT molecular complexity index is 730. The zero-order valence-corrected chi connectivity index (χ0v) is 11.3. The summed E-state index contributed by atoms with van der Waals surface area (Å²) in [5.41, 5.74) is 8.63. The van der Waals surface area contributed by atoms with Crippen LogP contribution in [0.1, 0.15) is 22.7 Å². The zero-order chi connectivity index (χ0) is 14.8. The molecule has 7 heteroatoms. The van der Waals surface area contributed by atoms with Gasteiger partial charge in [-0.3, -0.25) is 10.1 Å². The number of nitrogens with two attached hydrogens (primary N) is 1. The molecule has 0 spiro atoms. The number of fused-ring (bicyclic) bond motifs is 1. The van der Waals surface area contributed by atoms with Gasteiger partial charge in [-0.15, -0.1) is 5.10 Å². The Balaban J connectivity index is 2.20. The second kappa shape index (κ2) is 5.26. The van der Waals surface area contributed by atoms with E-state index in [1.54, 1.807) is 19.5 Å². The number of ether oxygens (including phenoxy) is 2. The van der Waals surface area contributed by atoms with E-state index < -0.39 is 0 Å². The number of pyridine rings is 1. The van der Waals surface area contributed by atoms with Crippen LogP contribution < -0.4 is 10.5 Å². The van der Waals surface area contributed by atoms with Gasteiger partial charge in [0.05, 0.1) is 23.8 Å². The van der Waals surface area contributed by atoms with Gasteiger partial charge in [0.15, 0.2) is 0 Å².